The number of ether oxygens (including phenoxy) is 1. The van der Waals surface area contributed by atoms with E-state index in [0.717, 1.165) is 23.5 Å². The van der Waals surface area contributed by atoms with Crippen LogP contribution in [0.15, 0.2) is 48.5 Å². The molecule has 2 N–H and O–H groups in total. The second-order valence-electron chi connectivity index (χ2n) is 5.18. The fraction of sp³-hybridized carbons (Fsp3) is 0.235. The van der Waals surface area contributed by atoms with Gasteiger partial charge in [-0.25, -0.2) is 0 Å². The van der Waals surface area contributed by atoms with Crippen molar-refractivity contribution in [1.29, 1.82) is 0 Å². The molecule has 0 spiro atoms. The van der Waals surface area contributed by atoms with Crippen molar-refractivity contribution in [2.75, 3.05) is 11.9 Å². The van der Waals surface area contributed by atoms with Crippen LogP contribution in [0, 0.1) is 0 Å². The Morgan fingerprint density at radius 3 is 2.86 bits per heavy atom. The van der Waals surface area contributed by atoms with Gasteiger partial charge in [-0.05, 0) is 30.2 Å². The van der Waals surface area contributed by atoms with Gasteiger partial charge in [-0.3, -0.25) is 4.79 Å². The summed E-state index contributed by atoms with van der Waals surface area (Å²) in [5.41, 5.74) is 3.12. The molecule has 1 atom stereocenters. The van der Waals surface area contributed by atoms with E-state index in [1.165, 1.54) is 5.56 Å². The van der Waals surface area contributed by atoms with Gasteiger partial charge in [0.15, 0.2) is 6.61 Å². The van der Waals surface area contributed by atoms with Crippen LogP contribution < -0.4 is 15.4 Å². The van der Waals surface area contributed by atoms with Crippen molar-refractivity contribution < 1.29 is 9.53 Å². The highest BCUT2D eigenvalue weighted by atomic mass is 16.5. The lowest BCUT2D eigenvalue weighted by Crippen LogP contribution is -2.26. The van der Waals surface area contributed by atoms with Gasteiger partial charge in [0.05, 0.1) is 5.69 Å². The van der Waals surface area contributed by atoms with E-state index >= 15 is 0 Å². The molecule has 2 aromatic rings. The Balaban J connectivity index is 1.69. The minimum absolute atomic E-state index is 0.0914. The molecule has 2 aromatic carbocycles. The molecule has 1 aliphatic heterocycles. The molecule has 3 rings (SSSR count). The zero-order valence-corrected chi connectivity index (χ0v) is 11.9. The fourth-order valence-corrected chi connectivity index (χ4v) is 2.35. The Kier molecular flexibility index (Phi) is 3.88. The van der Waals surface area contributed by atoms with Crippen LogP contribution in [-0.2, 0) is 11.3 Å². The molecule has 4 nitrogen and oxygen atoms in total. The highest BCUT2D eigenvalue weighted by molar-refractivity contribution is 5.95. The van der Waals surface area contributed by atoms with Crippen molar-refractivity contribution >= 4 is 11.6 Å². The van der Waals surface area contributed by atoms with Crippen molar-refractivity contribution in [1.82, 2.24) is 5.32 Å². The van der Waals surface area contributed by atoms with Gasteiger partial charge >= 0.3 is 0 Å². The molecule has 0 saturated carbocycles. The molecule has 0 aromatic heterocycles. The highest BCUT2D eigenvalue weighted by Gasteiger charge is 2.17. The molecule has 1 aliphatic rings. The van der Waals surface area contributed by atoms with E-state index in [-0.39, 0.29) is 18.6 Å². The molecular weight excluding hydrogens is 264 g/mol. The average molecular weight is 282 g/mol. The number of rotatable bonds is 4. The Hall–Kier alpha value is -2.33. The van der Waals surface area contributed by atoms with E-state index in [2.05, 4.69) is 29.7 Å². The minimum Gasteiger partial charge on any atom is -0.482 e. The first-order valence-corrected chi connectivity index (χ1v) is 7.06. The first-order valence-electron chi connectivity index (χ1n) is 7.06. The van der Waals surface area contributed by atoms with E-state index in [0.29, 0.717) is 0 Å². The number of anilines is 1. The molecular formula is C17H18N2O2. The number of carbonyl (C=O) groups excluding carboxylic acids is 1. The maximum Gasteiger partial charge on any atom is 0.262 e. The topological polar surface area (TPSA) is 50.4 Å². The van der Waals surface area contributed by atoms with Crippen LogP contribution in [0.3, 0.4) is 0 Å². The summed E-state index contributed by atoms with van der Waals surface area (Å²) in [6, 6.07) is 16.4. The number of carbonyl (C=O) groups is 1. The Morgan fingerprint density at radius 2 is 2.05 bits per heavy atom. The van der Waals surface area contributed by atoms with Crippen molar-refractivity contribution in [3.8, 4) is 5.75 Å². The van der Waals surface area contributed by atoms with Gasteiger partial charge in [-0.15, -0.1) is 0 Å². The van der Waals surface area contributed by atoms with Gasteiger partial charge in [0.2, 0.25) is 0 Å². The molecule has 1 heterocycles. The molecule has 0 radical (unpaired) electrons. The predicted octanol–water partition coefficient (Wildman–Crippen LogP) is 2.87. The van der Waals surface area contributed by atoms with E-state index in [1.54, 1.807) is 0 Å². The van der Waals surface area contributed by atoms with Gasteiger partial charge in [0, 0.05) is 12.6 Å². The molecule has 0 unspecified atom stereocenters. The molecule has 0 saturated heterocycles. The Labute approximate surface area is 124 Å². The lowest BCUT2D eigenvalue weighted by molar-refractivity contribution is -0.118. The van der Waals surface area contributed by atoms with Crippen LogP contribution >= 0.6 is 0 Å². The van der Waals surface area contributed by atoms with Crippen molar-refractivity contribution in [2.24, 2.45) is 0 Å². The van der Waals surface area contributed by atoms with Crippen molar-refractivity contribution in [3.63, 3.8) is 0 Å². The lowest BCUT2D eigenvalue weighted by atomic mass is 10.1. The maximum absolute atomic E-state index is 11.4. The normalized spacial score (nSPS) is 14.8. The van der Waals surface area contributed by atoms with Crippen molar-refractivity contribution in [2.45, 2.75) is 19.5 Å². The monoisotopic (exact) mass is 282 g/mol. The van der Waals surface area contributed by atoms with E-state index in [9.17, 15) is 4.79 Å². The number of hydrogen-bond donors (Lipinski definition) is 2. The number of benzene rings is 2. The summed E-state index contributed by atoms with van der Waals surface area (Å²) in [5, 5.41) is 6.32. The van der Waals surface area contributed by atoms with Crippen LogP contribution in [0.25, 0.3) is 0 Å². The molecule has 1 amide bonds. The molecule has 21 heavy (non-hydrogen) atoms. The highest BCUT2D eigenvalue weighted by Crippen LogP contribution is 2.30. The Morgan fingerprint density at radius 1 is 1.24 bits per heavy atom. The molecule has 0 fully saturated rings. The van der Waals surface area contributed by atoms with Crippen LogP contribution in [0.1, 0.15) is 24.1 Å². The third-order valence-corrected chi connectivity index (χ3v) is 3.59. The van der Waals surface area contributed by atoms with Gasteiger partial charge < -0.3 is 15.4 Å². The molecule has 4 heteroatoms. The summed E-state index contributed by atoms with van der Waals surface area (Å²) < 4.78 is 5.37. The number of nitrogens with one attached hydrogen (secondary N) is 2. The summed E-state index contributed by atoms with van der Waals surface area (Å²) in [7, 11) is 0. The van der Waals surface area contributed by atoms with Gasteiger partial charge in [0.25, 0.3) is 5.91 Å². The molecule has 0 bridgehead atoms. The summed E-state index contributed by atoms with van der Waals surface area (Å²) in [5.74, 6) is 0.623. The smallest absolute Gasteiger partial charge is 0.262 e. The Bertz CT molecular complexity index is 640. The van der Waals surface area contributed by atoms with E-state index in [1.807, 2.05) is 36.4 Å². The second-order valence-corrected chi connectivity index (χ2v) is 5.18. The maximum atomic E-state index is 11.4. The second kappa shape index (κ2) is 5.97. The third-order valence-electron chi connectivity index (χ3n) is 3.59. The summed E-state index contributed by atoms with van der Waals surface area (Å²) in [4.78, 5) is 11.4. The standard InChI is InChI=1S/C17H18N2O2/c1-12(18-10-13-5-3-2-4-6-13)14-7-8-16-15(9-14)19-17(20)11-21-16/h2-9,12,18H,10-11H2,1H3,(H,19,20)/t12-/m1/s1. The lowest BCUT2D eigenvalue weighted by Gasteiger charge is -2.21. The number of fused-ring (bicyclic) bond motifs is 1. The number of amides is 1. The van der Waals surface area contributed by atoms with Crippen LogP contribution in [0.4, 0.5) is 5.69 Å². The average Bonchev–Trinajstić information content (AvgIpc) is 2.53. The third kappa shape index (κ3) is 3.23. The summed E-state index contributed by atoms with van der Waals surface area (Å²) >= 11 is 0. The predicted molar refractivity (Wildman–Crippen MR) is 82.3 cm³/mol. The summed E-state index contributed by atoms with van der Waals surface area (Å²) in [6.45, 7) is 3.01. The first-order chi connectivity index (χ1) is 10.2. The van der Waals surface area contributed by atoms with Crippen LogP contribution in [-0.4, -0.2) is 12.5 Å². The fourth-order valence-electron chi connectivity index (χ4n) is 2.35. The first kappa shape index (κ1) is 13.6. The zero-order chi connectivity index (χ0) is 14.7. The van der Waals surface area contributed by atoms with Crippen LogP contribution in [0.5, 0.6) is 5.75 Å². The van der Waals surface area contributed by atoms with Gasteiger partial charge in [0.1, 0.15) is 5.75 Å². The van der Waals surface area contributed by atoms with Gasteiger partial charge in [-0.1, -0.05) is 36.4 Å². The number of hydrogen-bond acceptors (Lipinski definition) is 3. The quantitative estimate of drug-likeness (QED) is 0.906. The summed E-state index contributed by atoms with van der Waals surface area (Å²) in [6.07, 6.45) is 0. The van der Waals surface area contributed by atoms with E-state index in [4.69, 9.17) is 4.74 Å². The van der Waals surface area contributed by atoms with E-state index < -0.39 is 0 Å². The van der Waals surface area contributed by atoms with Gasteiger partial charge in [-0.2, -0.15) is 0 Å². The molecule has 0 aliphatic carbocycles. The largest absolute Gasteiger partial charge is 0.482 e. The van der Waals surface area contributed by atoms with Crippen LogP contribution in [0.2, 0.25) is 0 Å². The zero-order valence-electron chi connectivity index (χ0n) is 11.9. The van der Waals surface area contributed by atoms with Crippen molar-refractivity contribution in [3.05, 3.63) is 59.7 Å². The molecule has 108 valence electrons. The minimum atomic E-state index is -0.107. The SMILES string of the molecule is C[C@@H](NCc1ccccc1)c1ccc2c(c1)NC(=O)CO2.